The van der Waals surface area contributed by atoms with Crippen molar-refractivity contribution in [3.63, 3.8) is 0 Å². The second-order valence-corrected chi connectivity index (χ2v) is 5.72. The van der Waals surface area contributed by atoms with Gasteiger partial charge in [0.05, 0.1) is 5.69 Å². The summed E-state index contributed by atoms with van der Waals surface area (Å²) in [5.74, 6) is -0.908. The maximum atomic E-state index is 12.6. The number of anilines is 3. The van der Waals surface area contributed by atoms with Crippen molar-refractivity contribution in [3.8, 4) is 0 Å². The minimum absolute atomic E-state index is 0.125. The fraction of sp³-hybridized carbons (Fsp3) is 0.286. The molecule has 1 aromatic heterocycles. The summed E-state index contributed by atoms with van der Waals surface area (Å²) >= 11 is 0.489. The number of hydrogen-bond donors (Lipinski definition) is 2. The smallest absolute Gasteiger partial charge is 0.288 e. The van der Waals surface area contributed by atoms with E-state index in [0.717, 1.165) is 0 Å². The monoisotopic (exact) mass is 310 g/mol. The standard InChI is InChI=1S/C14H16F2N4S/c1-8(2)13-19-11(17)7-12(20-13)18-9-5-3-4-6-10(9)21-14(15)16/h3-8,14H,1-2H3,(H3,17,18,19,20). The van der Waals surface area contributed by atoms with Gasteiger partial charge in [-0.05, 0) is 12.1 Å². The van der Waals surface area contributed by atoms with Crippen molar-refractivity contribution in [2.75, 3.05) is 11.1 Å². The van der Waals surface area contributed by atoms with E-state index in [0.29, 0.717) is 39.8 Å². The van der Waals surface area contributed by atoms with Gasteiger partial charge in [-0.3, -0.25) is 0 Å². The summed E-state index contributed by atoms with van der Waals surface area (Å²) in [7, 11) is 0. The van der Waals surface area contributed by atoms with Crippen LogP contribution in [-0.2, 0) is 0 Å². The summed E-state index contributed by atoms with van der Waals surface area (Å²) in [6, 6.07) is 8.41. The zero-order valence-corrected chi connectivity index (χ0v) is 12.5. The minimum Gasteiger partial charge on any atom is -0.384 e. The van der Waals surface area contributed by atoms with Crippen molar-refractivity contribution in [1.82, 2.24) is 9.97 Å². The molecule has 1 aromatic carbocycles. The Morgan fingerprint density at radius 3 is 2.57 bits per heavy atom. The van der Waals surface area contributed by atoms with E-state index in [4.69, 9.17) is 5.73 Å². The number of rotatable bonds is 5. The lowest BCUT2D eigenvalue weighted by molar-refractivity contribution is 0.252. The van der Waals surface area contributed by atoms with Gasteiger partial charge in [-0.2, -0.15) is 8.78 Å². The Balaban J connectivity index is 2.30. The van der Waals surface area contributed by atoms with Gasteiger partial charge in [0.2, 0.25) is 0 Å². The molecule has 0 unspecified atom stereocenters. The van der Waals surface area contributed by atoms with Crippen LogP contribution < -0.4 is 11.1 Å². The predicted molar refractivity (Wildman–Crippen MR) is 82.1 cm³/mol. The number of nitrogens with zero attached hydrogens (tertiary/aromatic N) is 2. The van der Waals surface area contributed by atoms with Gasteiger partial charge in [0.15, 0.2) is 0 Å². The third-order valence-electron chi connectivity index (χ3n) is 2.65. The van der Waals surface area contributed by atoms with Gasteiger partial charge in [-0.1, -0.05) is 37.7 Å². The van der Waals surface area contributed by atoms with E-state index in [2.05, 4.69) is 15.3 Å². The molecule has 2 rings (SSSR count). The second kappa shape index (κ2) is 6.71. The fourth-order valence-corrected chi connectivity index (χ4v) is 2.31. The molecule has 0 aliphatic rings. The van der Waals surface area contributed by atoms with Crippen molar-refractivity contribution in [2.45, 2.75) is 30.4 Å². The van der Waals surface area contributed by atoms with Crippen molar-refractivity contribution >= 4 is 29.1 Å². The van der Waals surface area contributed by atoms with E-state index in [-0.39, 0.29) is 5.92 Å². The highest BCUT2D eigenvalue weighted by atomic mass is 32.2. The highest BCUT2D eigenvalue weighted by molar-refractivity contribution is 7.99. The first-order chi connectivity index (χ1) is 9.95. The van der Waals surface area contributed by atoms with Crippen LogP contribution in [0.25, 0.3) is 0 Å². The molecule has 0 aliphatic heterocycles. The number of halogens is 2. The molecule has 0 atom stereocenters. The number of hydrogen-bond acceptors (Lipinski definition) is 5. The summed E-state index contributed by atoms with van der Waals surface area (Å²) in [4.78, 5) is 8.95. The Morgan fingerprint density at radius 1 is 1.19 bits per heavy atom. The van der Waals surface area contributed by atoms with Crippen molar-refractivity contribution in [3.05, 3.63) is 36.2 Å². The molecule has 21 heavy (non-hydrogen) atoms. The van der Waals surface area contributed by atoms with Crippen LogP contribution in [0.1, 0.15) is 25.6 Å². The van der Waals surface area contributed by atoms with E-state index in [9.17, 15) is 8.78 Å². The molecular weight excluding hydrogens is 294 g/mol. The van der Waals surface area contributed by atoms with Gasteiger partial charge in [0, 0.05) is 16.9 Å². The number of aromatic nitrogens is 2. The predicted octanol–water partition coefficient (Wildman–Crippen LogP) is 4.24. The Bertz CT molecular complexity index is 620. The third kappa shape index (κ3) is 4.29. The minimum atomic E-state index is -2.48. The van der Waals surface area contributed by atoms with Crippen LogP contribution in [0.2, 0.25) is 0 Å². The van der Waals surface area contributed by atoms with Crippen LogP contribution >= 0.6 is 11.8 Å². The summed E-state index contributed by atoms with van der Waals surface area (Å²) in [6.07, 6.45) is 0. The fourth-order valence-electron chi connectivity index (χ4n) is 1.71. The lowest BCUT2D eigenvalue weighted by atomic mass is 10.2. The average Bonchev–Trinajstić information content (AvgIpc) is 2.39. The van der Waals surface area contributed by atoms with Crippen LogP contribution in [0.5, 0.6) is 0 Å². The van der Waals surface area contributed by atoms with Gasteiger partial charge < -0.3 is 11.1 Å². The van der Waals surface area contributed by atoms with Gasteiger partial charge in [-0.25, -0.2) is 9.97 Å². The van der Waals surface area contributed by atoms with Crippen molar-refractivity contribution in [1.29, 1.82) is 0 Å². The Morgan fingerprint density at radius 2 is 1.90 bits per heavy atom. The van der Waals surface area contributed by atoms with E-state index in [1.54, 1.807) is 30.3 Å². The molecule has 0 bridgehead atoms. The summed E-state index contributed by atoms with van der Waals surface area (Å²) in [5, 5.41) is 3.03. The molecule has 4 nitrogen and oxygen atoms in total. The number of alkyl halides is 2. The van der Waals surface area contributed by atoms with Crippen molar-refractivity contribution < 1.29 is 8.78 Å². The maximum absolute atomic E-state index is 12.6. The van der Waals surface area contributed by atoms with Gasteiger partial charge in [0.25, 0.3) is 5.76 Å². The molecule has 0 aliphatic carbocycles. The normalized spacial score (nSPS) is 11.1. The summed E-state index contributed by atoms with van der Waals surface area (Å²) in [5.41, 5.74) is 6.32. The second-order valence-electron chi connectivity index (χ2n) is 4.69. The number of benzene rings is 1. The van der Waals surface area contributed by atoms with Crippen LogP contribution in [0.15, 0.2) is 35.2 Å². The van der Waals surface area contributed by atoms with E-state index in [1.807, 2.05) is 13.8 Å². The molecule has 2 aromatic rings. The van der Waals surface area contributed by atoms with Crippen LogP contribution in [0, 0.1) is 0 Å². The first kappa shape index (κ1) is 15.5. The van der Waals surface area contributed by atoms with Gasteiger partial charge >= 0.3 is 0 Å². The SMILES string of the molecule is CC(C)c1nc(N)cc(Nc2ccccc2SC(F)F)n1. The lowest BCUT2D eigenvalue weighted by Crippen LogP contribution is -2.05. The largest absolute Gasteiger partial charge is 0.384 e. The summed E-state index contributed by atoms with van der Waals surface area (Å²) in [6.45, 7) is 3.91. The molecule has 0 amide bonds. The molecular formula is C14H16F2N4S. The molecule has 0 fully saturated rings. The molecule has 3 N–H and O–H groups in total. The Kier molecular flexibility index (Phi) is 4.95. The van der Waals surface area contributed by atoms with Gasteiger partial charge in [0.1, 0.15) is 17.5 Å². The van der Waals surface area contributed by atoms with Gasteiger partial charge in [-0.15, -0.1) is 0 Å². The molecule has 0 radical (unpaired) electrons. The number of thioether (sulfide) groups is 1. The Hall–Kier alpha value is -1.89. The zero-order chi connectivity index (χ0) is 15.4. The van der Waals surface area contributed by atoms with Crippen LogP contribution in [-0.4, -0.2) is 15.7 Å². The topological polar surface area (TPSA) is 63.8 Å². The first-order valence-corrected chi connectivity index (χ1v) is 7.29. The first-order valence-electron chi connectivity index (χ1n) is 6.41. The molecule has 7 heteroatoms. The van der Waals surface area contributed by atoms with Crippen LogP contribution in [0.3, 0.4) is 0 Å². The average molecular weight is 310 g/mol. The number of nitrogens with two attached hydrogens (primary N) is 1. The highest BCUT2D eigenvalue weighted by Crippen LogP contribution is 2.33. The molecule has 0 saturated carbocycles. The highest BCUT2D eigenvalue weighted by Gasteiger charge is 2.11. The summed E-state index contributed by atoms with van der Waals surface area (Å²) < 4.78 is 25.1. The number of nitrogens with one attached hydrogen (secondary N) is 1. The molecule has 112 valence electrons. The van der Waals surface area contributed by atoms with Crippen LogP contribution in [0.4, 0.5) is 26.1 Å². The molecule has 1 heterocycles. The van der Waals surface area contributed by atoms with E-state index >= 15 is 0 Å². The van der Waals surface area contributed by atoms with Crippen molar-refractivity contribution in [2.24, 2.45) is 0 Å². The quantitative estimate of drug-likeness (QED) is 0.809. The molecule has 0 saturated heterocycles. The van der Waals surface area contributed by atoms with E-state index in [1.165, 1.54) is 0 Å². The lowest BCUT2D eigenvalue weighted by Gasteiger charge is -2.13. The number of nitrogen functional groups attached to an aromatic ring is 1. The van der Waals surface area contributed by atoms with E-state index < -0.39 is 5.76 Å². The maximum Gasteiger partial charge on any atom is 0.288 e. The molecule has 0 spiro atoms. The third-order valence-corrected chi connectivity index (χ3v) is 3.43. The zero-order valence-electron chi connectivity index (χ0n) is 11.7. The Labute approximate surface area is 126 Å². The number of para-hydroxylation sites is 1.